The van der Waals surface area contributed by atoms with Crippen LogP contribution < -0.4 is 5.73 Å². The van der Waals surface area contributed by atoms with E-state index in [1.165, 1.54) is 5.56 Å². The van der Waals surface area contributed by atoms with Gasteiger partial charge in [0.1, 0.15) is 0 Å². The lowest BCUT2D eigenvalue weighted by Gasteiger charge is -2.27. The van der Waals surface area contributed by atoms with E-state index >= 15 is 0 Å². The number of aromatic nitrogens is 3. The highest BCUT2D eigenvalue weighted by Crippen LogP contribution is 2.24. The number of nitrogen functional groups attached to an aromatic ring is 1. The minimum atomic E-state index is 0.741. The second kappa shape index (κ2) is 7.48. The molecule has 0 atom stereocenters. The van der Waals surface area contributed by atoms with E-state index in [1.54, 1.807) is 0 Å². The van der Waals surface area contributed by atoms with Crippen molar-refractivity contribution in [1.82, 2.24) is 20.0 Å². The first-order valence-corrected chi connectivity index (χ1v) is 9.69. The van der Waals surface area contributed by atoms with Crippen LogP contribution in [0.15, 0.2) is 71.4 Å². The third kappa shape index (κ3) is 3.75. The Hall–Kier alpha value is -3.51. The summed E-state index contributed by atoms with van der Waals surface area (Å²) in [6.45, 7) is 2.49. The zero-order chi connectivity index (χ0) is 19.6. The van der Waals surface area contributed by atoms with Crippen molar-refractivity contribution >= 4 is 5.69 Å². The van der Waals surface area contributed by atoms with Crippen molar-refractivity contribution in [1.29, 1.82) is 0 Å². The molecular formula is C23H21N5O. The van der Waals surface area contributed by atoms with Crippen molar-refractivity contribution in [2.45, 2.75) is 19.5 Å². The maximum absolute atomic E-state index is 5.77. The van der Waals surface area contributed by atoms with E-state index in [-0.39, 0.29) is 0 Å². The van der Waals surface area contributed by atoms with Crippen LogP contribution >= 0.6 is 0 Å². The fourth-order valence-corrected chi connectivity index (χ4v) is 3.63. The predicted molar refractivity (Wildman–Crippen MR) is 112 cm³/mol. The van der Waals surface area contributed by atoms with E-state index in [4.69, 9.17) is 15.2 Å². The van der Waals surface area contributed by atoms with Gasteiger partial charge in [-0.1, -0.05) is 35.5 Å². The Bertz CT molecular complexity index is 1120. The van der Waals surface area contributed by atoms with Crippen LogP contribution in [0.5, 0.6) is 0 Å². The first kappa shape index (κ1) is 17.6. The van der Waals surface area contributed by atoms with Crippen molar-refractivity contribution in [2.75, 3.05) is 12.3 Å². The lowest BCUT2D eigenvalue weighted by Crippen LogP contribution is -2.31. The quantitative estimate of drug-likeness (QED) is 0.538. The van der Waals surface area contributed by atoms with Gasteiger partial charge in [-0.15, -0.1) is 0 Å². The minimum absolute atomic E-state index is 0.741. The third-order valence-electron chi connectivity index (χ3n) is 5.18. The van der Waals surface area contributed by atoms with Gasteiger partial charge in [0.2, 0.25) is 0 Å². The summed E-state index contributed by atoms with van der Waals surface area (Å²) in [6.07, 6.45) is 2.83. The van der Waals surface area contributed by atoms with E-state index in [0.717, 1.165) is 65.8 Å². The van der Waals surface area contributed by atoms with E-state index in [0.29, 0.717) is 0 Å². The molecule has 0 spiro atoms. The molecule has 6 nitrogen and oxygen atoms in total. The maximum Gasteiger partial charge on any atom is 0.167 e. The number of benzene rings is 2. The summed E-state index contributed by atoms with van der Waals surface area (Å²) in [6, 6.07) is 19.7. The van der Waals surface area contributed by atoms with Crippen LogP contribution in [0, 0.1) is 0 Å². The van der Waals surface area contributed by atoms with Crippen LogP contribution in [0.25, 0.3) is 22.7 Å². The molecule has 0 amide bonds. The van der Waals surface area contributed by atoms with E-state index < -0.39 is 0 Å². The smallest absolute Gasteiger partial charge is 0.167 e. The van der Waals surface area contributed by atoms with Crippen molar-refractivity contribution < 1.29 is 4.52 Å². The summed E-state index contributed by atoms with van der Waals surface area (Å²) < 4.78 is 5.52. The fraction of sp³-hybridized carbons (Fsp3) is 0.174. The zero-order valence-corrected chi connectivity index (χ0v) is 16.0. The zero-order valence-electron chi connectivity index (χ0n) is 16.0. The summed E-state index contributed by atoms with van der Waals surface area (Å²) in [7, 11) is 0. The molecule has 3 heterocycles. The Labute approximate surface area is 169 Å². The molecular weight excluding hydrogens is 362 g/mol. The van der Waals surface area contributed by atoms with Crippen LogP contribution in [-0.2, 0) is 19.5 Å². The molecule has 2 N–H and O–H groups in total. The van der Waals surface area contributed by atoms with Gasteiger partial charge in [0.25, 0.3) is 0 Å². The number of nitrogens with two attached hydrogens (primary N) is 1. The molecule has 0 bridgehead atoms. The standard InChI is InChI=1S/C23H21N5O/c24-19-8-6-17(7-9-19)23-25-13-18-14-28(11-10-21(18)26-23)15-20-12-22(29-27-20)16-4-2-1-3-5-16/h1-9,12-13H,10-11,14-15,24H2. The second-order valence-electron chi connectivity index (χ2n) is 7.30. The maximum atomic E-state index is 5.77. The van der Waals surface area contributed by atoms with Crippen molar-refractivity contribution in [2.24, 2.45) is 0 Å². The summed E-state index contributed by atoms with van der Waals surface area (Å²) in [5, 5.41) is 4.25. The molecule has 6 heteroatoms. The molecule has 0 saturated heterocycles. The van der Waals surface area contributed by atoms with Crippen LogP contribution in [-0.4, -0.2) is 26.6 Å². The largest absolute Gasteiger partial charge is 0.399 e. The number of rotatable bonds is 4. The minimum Gasteiger partial charge on any atom is -0.399 e. The predicted octanol–water partition coefficient (Wildman–Crippen LogP) is 3.94. The monoisotopic (exact) mass is 383 g/mol. The van der Waals surface area contributed by atoms with Crippen molar-refractivity contribution in [3.05, 3.63) is 83.8 Å². The van der Waals surface area contributed by atoms with Crippen LogP contribution in [0.4, 0.5) is 5.69 Å². The molecule has 1 aliphatic rings. The number of nitrogens with zero attached hydrogens (tertiary/aromatic N) is 4. The Balaban J connectivity index is 1.29. The van der Waals surface area contributed by atoms with Gasteiger partial charge in [0, 0.05) is 60.7 Å². The molecule has 5 rings (SSSR count). The van der Waals surface area contributed by atoms with Gasteiger partial charge in [0.15, 0.2) is 11.6 Å². The number of hydrogen-bond donors (Lipinski definition) is 1. The molecule has 0 radical (unpaired) electrons. The highest BCUT2D eigenvalue weighted by molar-refractivity contribution is 5.59. The lowest BCUT2D eigenvalue weighted by atomic mass is 10.1. The van der Waals surface area contributed by atoms with E-state index in [2.05, 4.69) is 15.0 Å². The highest BCUT2D eigenvalue weighted by Gasteiger charge is 2.20. The van der Waals surface area contributed by atoms with E-state index in [9.17, 15) is 0 Å². The third-order valence-corrected chi connectivity index (χ3v) is 5.18. The summed E-state index contributed by atoms with van der Waals surface area (Å²) >= 11 is 0. The van der Waals surface area contributed by atoms with Gasteiger partial charge in [-0.05, 0) is 24.3 Å². The lowest BCUT2D eigenvalue weighted by molar-refractivity contribution is 0.235. The van der Waals surface area contributed by atoms with Gasteiger partial charge in [-0.25, -0.2) is 9.97 Å². The molecule has 2 aromatic heterocycles. The number of fused-ring (bicyclic) bond motifs is 1. The van der Waals surface area contributed by atoms with E-state index in [1.807, 2.05) is 66.9 Å². The molecule has 0 unspecified atom stereocenters. The van der Waals surface area contributed by atoms with Crippen molar-refractivity contribution in [3.8, 4) is 22.7 Å². The Kier molecular flexibility index (Phi) is 4.54. The van der Waals surface area contributed by atoms with Gasteiger partial charge in [0.05, 0.1) is 11.4 Å². The Morgan fingerprint density at radius 1 is 1.00 bits per heavy atom. The van der Waals surface area contributed by atoms with Crippen LogP contribution in [0.3, 0.4) is 0 Å². The molecule has 2 aromatic carbocycles. The van der Waals surface area contributed by atoms with Gasteiger partial charge < -0.3 is 10.3 Å². The SMILES string of the molecule is Nc1ccc(-c2ncc3c(n2)CCN(Cc2cc(-c4ccccc4)on2)C3)cc1. The summed E-state index contributed by atoms with van der Waals surface area (Å²) in [5.41, 5.74) is 11.8. The second-order valence-corrected chi connectivity index (χ2v) is 7.30. The summed E-state index contributed by atoms with van der Waals surface area (Å²) in [4.78, 5) is 11.7. The molecule has 1 aliphatic heterocycles. The topological polar surface area (TPSA) is 81.1 Å². The Morgan fingerprint density at radius 2 is 1.83 bits per heavy atom. The number of hydrogen-bond acceptors (Lipinski definition) is 6. The first-order chi connectivity index (χ1) is 14.2. The first-order valence-electron chi connectivity index (χ1n) is 9.69. The molecule has 29 heavy (non-hydrogen) atoms. The van der Waals surface area contributed by atoms with Gasteiger partial charge in [-0.2, -0.15) is 0 Å². The highest BCUT2D eigenvalue weighted by atomic mass is 16.5. The van der Waals surface area contributed by atoms with Crippen LogP contribution in [0.2, 0.25) is 0 Å². The fourth-order valence-electron chi connectivity index (χ4n) is 3.63. The number of anilines is 1. The van der Waals surface area contributed by atoms with Crippen molar-refractivity contribution in [3.63, 3.8) is 0 Å². The normalized spacial score (nSPS) is 13.9. The van der Waals surface area contributed by atoms with Gasteiger partial charge >= 0.3 is 0 Å². The molecule has 0 fully saturated rings. The molecule has 144 valence electrons. The average molecular weight is 383 g/mol. The molecule has 0 aliphatic carbocycles. The molecule has 0 saturated carbocycles. The summed E-state index contributed by atoms with van der Waals surface area (Å²) in [5.74, 6) is 1.55. The van der Waals surface area contributed by atoms with Crippen LogP contribution in [0.1, 0.15) is 17.0 Å². The average Bonchev–Trinajstić information content (AvgIpc) is 3.23. The molecule has 4 aromatic rings. The Morgan fingerprint density at radius 3 is 2.66 bits per heavy atom. The van der Waals surface area contributed by atoms with Gasteiger partial charge in [-0.3, -0.25) is 4.90 Å².